The van der Waals surface area contributed by atoms with Gasteiger partial charge in [-0.1, -0.05) is 18.2 Å². The van der Waals surface area contributed by atoms with Crippen molar-refractivity contribution in [2.75, 3.05) is 20.6 Å². The third kappa shape index (κ3) is 4.50. The lowest BCUT2D eigenvalue weighted by atomic mass is 10.2. The van der Waals surface area contributed by atoms with Crippen LogP contribution in [0, 0.1) is 5.82 Å². The highest BCUT2D eigenvalue weighted by atomic mass is 19.1. The predicted octanol–water partition coefficient (Wildman–Crippen LogP) is -0.704. The highest BCUT2D eigenvalue weighted by molar-refractivity contribution is 5.94. The van der Waals surface area contributed by atoms with Crippen LogP contribution in [-0.2, 0) is 11.3 Å². The van der Waals surface area contributed by atoms with E-state index in [-0.39, 0.29) is 12.4 Å². The molecule has 1 aromatic carbocycles. The van der Waals surface area contributed by atoms with Gasteiger partial charge in [-0.3, -0.25) is 10.1 Å². The number of carbonyl (C=O) groups excluding carboxylic acids is 2. The lowest BCUT2D eigenvalue weighted by molar-refractivity contribution is -0.885. The molecule has 0 radical (unpaired) electrons. The monoisotopic (exact) mass is 254 g/mol. The molecule has 98 valence electrons. The Morgan fingerprint density at radius 2 is 2.00 bits per heavy atom. The number of urea groups is 1. The molecule has 5 nitrogen and oxygen atoms in total. The molecular formula is C12H17FN3O2+. The molecule has 0 aliphatic heterocycles. The Morgan fingerprint density at radius 3 is 2.61 bits per heavy atom. The van der Waals surface area contributed by atoms with Crippen LogP contribution in [0.5, 0.6) is 0 Å². The summed E-state index contributed by atoms with van der Waals surface area (Å²) < 4.78 is 13.4. The molecule has 0 fully saturated rings. The topological polar surface area (TPSA) is 62.6 Å². The maximum atomic E-state index is 13.4. The first kappa shape index (κ1) is 14.1. The van der Waals surface area contributed by atoms with Crippen molar-refractivity contribution in [1.29, 1.82) is 0 Å². The molecule has 0 saturated heterocycles. The number of rotatable bonds is 4. The summed E-state index contributed by atoms with van der Waals surface area (Å²) >= 11 is 0. The van der Waals surface area contributed by atoms with Crippen LogP contribution in [0.2, 0.25) is 0 Å². The number of imide groups is 1. The molecule has 0 bridgehead atoms. The van der Waals surface area contributed by atoms with E-state index in [1.807, 2.05) is 0 Å². The van der Waals surface area contributed by atoms with Crippen LogP contribution in [0.1, 0.15) is 5.56 Å². The quantitative estimate of drug-likeness (QED) is 0.665. The van der Waals surface area contributed by atoms with E-state index in [1.54, 1.807) is 25.2 Å². The number of likely N-dealkylation sites (N-methyl/N-ethyl adjacent to an activating group) is 1. The van der Waals surface area contributed by atoms with Gasteiger partial charge in [0, 0.05) is 12.6 Å². The largest absolute Gasteiger partial charge is 0.341 e. The SMILES string of the molecule is CNC(=O)NC(=O)C[NH+](C)Cc1ccccc1F. The van der Waals surface area contributed by atoms with E-state index in [9.17, 15) is 14.0 Å². The summed E-state index contributed by atoms with van der Waals surface area (Å²) in [6, 6.07) is 5.88. The molecule has 3 N–H and O–H groups in total. The first-order chi connectivity index (χ1) is 8.52. The summed E-state index contributed by atoms with van der Waals surface area (Å²) in [6.07, 6.45) is 0. The van der Waals surface area contributed by atoms with E-state index in [1.165, 1.54) is 13.1 Å². The van der Waals surface area contributed by atoms with Crippen molar-refractivity contribution in [3.63, 3.8) is 0 Å². The van der Waals surface area contributed by atoms with Gasteiger partial charge >= 0.3 is 6.03 Å². The number of benzene rings is 1. The van der Waals surface area contributed by atoms with Crippen molar-refractivity contribution < 1.29 is 18.9 Å². The van der Waals surface area contributed by atoms with Gasteiger partial charge in [0.25, 0.3) is 5.91 Å². The molecule has 0 spiro atoms. The molecule has 0 aromatic heterocycles. The van der Waals surface area contributed by atoms with E-state index in [0.717, 1.165) is 4.90 Å². The molecule has 1 aromatic rings. The first-order valence-electron chi connectivity index (χ1n) is 5.59. The highest BCUT2D eigenvalue weighted by Gasteiger charge is 2.14. The summed E-state index contributed by atoms with van der Waals surface area (Å²) in [5.74, 6) is -0.688. The average Bonchev–Trinajstić information content (AvgIpc) is 2.31. The zero-order chi connectivity index (χ0) is 13.5. The maximum absolute atomic E-state index is 13.4. The van der Waals surface area contributed by atoms with Gasteiger partial charge in [-0.15, -0.1) is 0 Å². The predicted molar refractivity (Wildman–Crippen MR) is 64.5 cm³/mol. The lowest BCUT2D eigenvalue weighted by Crippen LogP contribution is -3.09. The van der Waals surface area contributed by atoms with Crippen LogP contribution in [0.15, 0.2) is 24.3 Å². The Hall–Kier alpha value is -1.95. The number of halogens is 1. The van der Waals surface area contributed by atoms with Crippen molar-refractivity contribution in [1.82, 2.24) is 10.6 Å². The molecule has 1 unspecified atom stereocenters. The highest BCUT2D eigenvalue weighted by Crippen LogP contribution is 2.03. The summed E-state index contributed by atoms with van der Waals surface area (Å²) in [7, 11) is 3.19. The zero-order valence-corrected chi connectivity index (χ0v) is 10.4. The summed E-state index contributed by atoms with van der Waals surface area (Å²) in [5.41, 5.74) is 0.544. The molecule has 0 saturated carbocycles. The van der Waals surface area contributed by atoms with Crippen molar-refractivity contribution in [3.05, 3.63) is 35.6 Å². The van der Waals surface area contributed by atoms with Crippen LogP contribution < -0.4 is 15.5 Å². The van der Waals surface area contributed by atoms with Crippen LogP contribution in [-0.4, -0.2) is 32.6 Å². The Bertz CT molecular complexity index is 437. The van der Waals surface area contributed by atoms with Gasteiger partial charge in [-0.05, 0) is 6.07 Å². The second-order valence-corrected chi connectivity index (χ2v) is 4.03. The van der Waals surface area contributed by atoms with Crippen molar-refractivity contribution >= 4 is 11.9 Å². The second kappa shape index (κ2) is 6.70. The lowest BCUT2D eigenvalue weighted by Gasteiger charge is -2.13. The van der Waals surface area contributed by atoms with Gasteiger partial charge < -0.3 is 10.2 Å². The molecule has 3 amide bonds. The van der Waals surface area contributed by atoms with Gasteiger partial charge in [-0.2, -0.15) is 0 Å². The van der Waals surface area contributed by atoms with E-state index in [2.05, 4.69) is 10.6 Å². The van der Waals surface area contributed by atoms with E-state index in [0.29, 0.717) is 12.1 Å². The number of quaternary nitrogens is 1. The fourth-order valence-electron chi connectivity index (χ4n) is 1.54. The first-order valence-corrected chi connectivity index (χ1v) is 5.59. The fourth-order valence-corrected chi connectivity index (χ4v) is 1.54. The van der Waals surface area contributed by atoms with Crippen LogP contribution in [0.3, 0.4) is 0 Å². The minimum Gasteiger partial charge on any atom is -0.341 e. The standard InChI is InChI=1S/C12H16FN3O2/c1-14-12(18)15-11(17)8-16(2)7-9-5-3-4-6-10(9)13/h3-6H,7-8H2,1-2H3,(H2,14,15,17,18)/p+1. The Balaban J connectivity index is 2.47. The molecule has 1 rings (SSSR count). The number of amides is 3. The Morgan fingerprint density at radius 1 is 1.33 bits per heavy atom. The number of nitrogens with one attached hydrogen (secondary N) is 3. The van der Waals surface area contributed by atoms with Gasteiger partial charge in [0.15, 0.2) is 6.54 Å². The normalized spacial score (nSPS) is 11.7. The molecule has 0 aliphatic rings. The number of hydrogen-bond acceptors (Lipinski definition) is 2. The van der Waals surface area contributed by atoms with Gasteiger partial charge in [-0.25, -0.2) is 9.18 Å². The summed E-state index contributed by atoms with van der Waals surface area (Å²) in [4.78, 5) is 23.1. The number of hydrogen-bond donors (Lipinski definition) is 3. The van der Waals surface area contributed by atoms with E-state index < -0.39 is 11.9 Å². The Labute approximate surface area is 105 Å². The van der Waals surface area contributed by atoms with Crippen molar-refractivity contribution in [2.24, 2.45) is 0 Å². The molecule has 1 atom stereocenters. The third-order valence-electron chi connectivity index (χ3n) is 2.39. The van der Waals surface area contributed by atoms with Crippen molar-refractivity contribution in [2.45, 2.75) is 6.54 Å². The Kier molecular flexibility index (Phi) is 5.26. The molecule has 0 aliphatic carbocycles. The minimum absolute atomic E-state index is 0.0990. The van der Waals surface area contributed by atoms with E-state index in [4.69, 9.17) is 0 Å². The summed E-state index contributed by atoms with van der Waals surface area (Å²) in [6.45, 7) is 0.482. The van der Waals surface area contributed by atoms with Gasteiger partial charge in [0.1, 0.15) is 12.4 Å². The van der Waals surface area contributed by atoms with Crippen LogP contribution in [0.4, 0.5) is 9.18 Å². The molecular weight excluding hydrogens is 237 g/mol. The van der Waals surface area contributed by atoms with Crippen LogP contribution >= 0.6 is 0 Å². The molecule has 18 heavy (non-hydrogen) atoms. The maximum Gasteiger partial charge on any atom is 0.321 e. The fraction of sp³-hybridized carbons (Fsp3) is 0.333. The van der Waals surface area contributed by atoms with E-state index >= 15 is 0 Å². The van der Waals surface area contributed by atoms with Gasteiger partial charge in [0.05, 0.1) is 7.05 Å². The van der Waals surface area contributed by atoms with Gasteiger partial charge in [0.2, 0.25) is 0 Å². The summed E-state index contributed by atoms with van der Waals surface area (Å²) in [5, 5.41) is 4.45. The van der Waals surface area contributed by atoms with Crippen LogP contribution in [0.25, 0.3) is 0 Å². The molecule has 6 heteroatoms. The number of carbonyl (C=O) groups is 2. The van der Waals surface area contributed by atoms with Crippen molar-refractivity contribution in [3.8, 4) is 0 Å². The smallest absolute Gasteiger partial charge is 0.321 e. The third-order valence-corrected chi connectivity index (χ3v) is 2.39. The molecule has 0 heterocycles. The zero-order valence-electron chi connectivity index (χ0n) is 10.4. The minimum atomic E-state index is -0.543. The average molecular weight is 254 g/mol. The second-order valence-electron chi connectivity index (χ2n) is 4.03.